The number of carbonyl (C=O) groups excluding carboxylic acids is 2. The second-order valence-electron chi connectivity index (χ2n) is 6.61. The van der Waals surface area contributed by atoms with Crippen LogP contribution in [0.5, 0.6) is 11.5 Å². The summed E-state index contributed by atoms with van der Waals surface area (Å²) in [6, 6.07) is 14.2. The topological polar surface area (TPSA) is 52.6 Å². The van der Waals surface area contributed by atoms with Gasteiger partial charge in [0.25, 0.3) is 0 Å². The molecule has 2 aromatic carbocycles. The van der Waals surface area contributed by atoms with Gasteiger partial charge in [0, 0.05) is 6.42 Å². The van der Waals surface area contributed by atoms with Crippen molar-refractivity contribution in [3.8, 4) is 11.5 Å². The first kappa shape index (κ1) is 21.4. The van der Waals surface area contributed by atoms with E-state index in [-0.39, 0.29) is 5.78 Å². The van der Waals surface area contributed by atoms with Gasteiger partial charge >= 0.3 is 5.97 Å². The summed E-state index contributed by atoms with van der Waals surface area (Å²) in [4.78, 5) is 24.2. The number of hydrogen-bond acceptors (Lipinski definition) is 4. The number of aryl methyl sites for hydroxylation is 1. The molecular formula is C24H28O4. The van der Waals surface area contributed by atoms with Crippen molar-refractivity contribution in [1.82, 2.24) is 0 Å². The number of hydrogen-bond donors (Lipinski definition) is 0. The van der Waals surface area contributed by atoms with E-state index in [9.17, 15) is 9.59 Å². The minimum Gasteiger partial charge on any atom is -0.493 e. The Morgan fingerprint density at radius 3 is 2.50 bits per heavy atom. The minimum absolute atomic E-state index is 0.120. The Morgan fingerprint density at radius 2 is 1.79 bits per heavy atom. The highest BCUT2D eigenvalue weighted by Crippen LogP contribution is 2.29. The van der Waals surface area contributed by atoms with Crippen molar-refractivity contribution in [2.24, 2.45) is 0 Å². The lowest BCUT2D eigenvalue weighted by atomic mass is 10.1. The number of esters is 1. The molecule has 0 saturated carbocycles. The SMILES string of the molecule is CCCCCC=CC(=O)CCc1ccc(OC(=O)c2ccccc2)c(OC)c1. The van der Waals surface area contributed by atoms with Crippen molar-refractivity contribution in [1.29, 1.82) is 0 Å². The van der Waals surface area contributed by atoms with E-state index in [1.54, 1.807) is 36.4 Å². The zero-order valence-electron chi connectivity index (χ0n) is 16.6. The fourth-order valence-corrected chi connectivity index (χ4v) is 2.76. The molecule has 4 nitrogen and oxygen atoms in total. The lowest BCUT2D eigenvalue weighted by molar-refractivity contribution is -0.114. The maximum absolute atomic E-state index is 12.2. The average molecular weight is 380 g/mol. The molecule has 0 aliphatic heterocycles. The van der Waals surface area contributed by atoms with E-state index in [2.05, 4.69) is 6.92 Å². The van der Waals surface area contributed by atoms with Crippen LogP contribution >= 0.6 is 0 Å². The van der Waals surface area contributed by atoms with Crippen molar-refractivity contribution in [2.75, 3.05) is 7.11 Å². The fourth-order valence-electron chi connectivity index (χ4n) is 2.76. The van der Waals surface area contributed by atoms with Crippen LogP contribution in [0.3, 0.4) is 0 Å². The van der Waals surface area contributed by atoms with E-state index in [0.29, 0.717) is 29.9 Å². The molecule has 0 atom stereocenters. The fraction of sp³-hybridized carbons (Fsp3) is 0.333. The number of ketones is 1. The molecule has 2 aromatic rings. The summed E-state index contributed by atoms with van der Waals surface area (Å²) in [7, 11) is 1.53. The minimum atomic E-state index is -0.435. The van der Waals surface area contributed by atoms with Crippen molar-refractivity contribution < 1.29 is 19.1 Å². The molecule has 0 aromatic heterocycles. The van der Waals surface area contributed by atoms with Crippen LogP contribution < -0.4 is 9.47 Å². The Hall–Kier alpha value is -2.88. The molecule has 0 fully saturated rings. The predicted molar refractivity (Wildman–Crippen MR) is 111 cm³/mol. The third kappa shape index (κ3) is 7.03. The molecule has 0 unspecified atom stereocenters. The normalized spacial score (nSPS) is 10.8. The lowest BCUT2D eigenvalue weighted by Crippen LogP contribution is -2.09. The molecule has 0 N–H and O–H groups in total. The number of rotatable bonds is 11. The predicted octanol–water partition coefficient (Wildman–Crippen LogP) is 5.55. The number of unbranched alkanes of at least 4 members (excludes halogenated alkanes) is 3. The van der Waals surface area contributed by atoms with Gasteiger partial charge in [0.2, 0.25) is 0 Å². The Morgan fingerprint density at radius 1 is 1.00 bits per heavy atom. The number of allylic oxidation sites excluding steroid dienone is 2. The van der Waals surface area contributed by atoms with Gasteiger partial charge < -0.3 is 9.47 Å². The van der Waals surface area contributed by atoms with Crippen LogP contribution in [-0.2, 0) is 11.2 Å². The van der Waals surface area contributed by atoms with Crippen LogP contribution in [0.1, 0.15) is 54.9 Å². The maximum atomic E-state index is 12.2. The maximum Gasteiger partial charge on any atom is 0.343 e. The molecule has 2 rings (SSSR count). The second-order valence-corrected chi connectivity index (χ2v) is 6.61. The summed E-state index contributed by atoms with van der Waals surface area (Å²) >= 11 is 0. The standard InChI is InChI=1S/C24H28O4/c1-3-4-5-6-10-13-21(25)16-14-19-15-17-22(23(18-19)27-2)28-24(26)20-11-8-7-9-12-20/h7-13,15,17-18H,3-6,14,16H2,1-2H3. The summed E-state index contributed by atoms with van der Waals surface area (Å²) in [5, 5.41) is 0. The molecular weight excluding hydrogens is 352 g/mol. The molecule has 0 amide bonds. The van der Waals surface area contributed by atoms with Crippen molar-refractivity contribution in [2.45, 2.75) is 45.4 Å². The molecule has 148 valence electrons. The van der Waals surface area contributed by atoms with E-state index in [1.165, 1.54) is 20.0 Å². The summed E-state index contributed by atoms with van der Waals surface area (Å²) in [5.41, 5.74) is 1.44. The molecule has 0 bridgehead atoms. The summed E-state index contributed by atoms with van der Waals surface area (Å²) in [5.74, 6) is 0.525. The molecule has 0 heterocycles. The first-order chi connectivity index (χ1) is 13.6. The molecule has 0 radical (unpaired) electrons. The van der Waals surface area contributed by atoms with Crippen LogP contribution in [0.4, 0.5) is 0 Å². The van der Waals surface area contributed by atoms with E-state index in [0.717, 1.165) is 18.4 Å². The quantitative estimate of drug-likeness (QED) is 0.222. The van der Waals surface area contributed by atoms with E-state index >= 15 is 0 Å². The summed E-state index contributed by atoms with van der Waals surface area (Å²) in [6.07, 6.45) is 9.15. The van der Waals surface area contributed by atoms with Gasteiger partial charge in [-0.15, -0.1) is 0 Å². The largest absolute Gasteiger partial charge is 0.493 e. The Kier molecular flexibility index (Phi) is 8.99. The second kappa shape index (κ2) is 11.8. The van der Waals surface area contributed by atoms with Crippen LogP contribution in [-0.4, -0.2) is 18.9 Å². The van der Waals surface area contributed by atoms with Crippen LogP contribution in [0.2, 0.25) is 0 Å². The highest BCUT2D eigenvalue weighted by molar-refractivity contribution is 5.91. The van der Waals surface area contributed by atoms with E-state index < -0.39 is 5.97 Å². The Bertz CT molecular complexity index is 794. The van der Waals surface area contributed by atoms with Gasteiger partial charge in [-0.1, -0.05) is 50.1 Å². The first-order valence-electron chi connectivity index (χ1n) is 9.77. The molecule has 0 spiro atoms. The number of methoxy groups -OCH3 is 1. The van der Waals surface area contributed by atoms with Crippen LogP contribution in [0, 0.1) is 0 Å². The Labute approximate surface area is 167 Å². The van der Waals surface area contributed by atoms with Gasteiger partial charge in [0.1, 0.15) is 0 Å². The van der Waals surface area contributed by atoms with Gasteiger partial charge in [-0.25, -0.2) is 4.79 Å². The van der Waals surface area contributed by atoms with E-state index in [1.807, 2.05) is 24.3 Å². The van der Waals surface area contributed by atoms with Crippen LogP contribution in [0.15, 0.2) is 60.7 Å². The highest BCUT2D eigenvalue weighted by Gasteiger charge is 2.13. The van der Waals surface area contributed by atoms with Gasteiger partial charge in [-0.2, -0.15) is 0 Å². The zero-order chi connectivity index (χ0) is 20.2. The van der Waals surface area contributed by atoms with Crippen molar-refractivity contribution in [3.05, 3.63) is 71.8 Å². The molecule has 0 saturated heterocycles. The first-order valence-corrected chi connectivity index (χ1v) is 9.77. The summed E-state index contributed by atoms with van der Waals surface area (Å²) < 4.78 is 10.8. The van der Waals surface area contributed by atoms with Crippen molar-refractivity contribution in [3.63, 3.8) is 0 Å². The van der Waals surface area contributed by atoms with Gasteiger partial charge in [0.15, 0.2) is 17.3 Å². The third-order valence-corrected chi connectivity index (χ3v) is 4.38. The monoisotopic (exact) mass is 380 g/mol. The highest BCUT2D eigenvalue weighted by atomic mass is 16.6. The lowest BCUT2D eigenvalue weighted by Gasteiger charge is -2.11. The number of benzene rings is 2. The zero-order valence-corrected chi connectivity index (χ0v) is 16.6. The molecule has 28 heavy (non-hydrogen) atoms. The van der Waals surface area contributed by atoms with Crippen LogP contribution in [0.25, 0.3) is 0 Å². The van der Waals surface area contributed by atoms with E-state index in [4.69, 9.17) is 9.47 Å². The number of ether oxygens (including phenoxy) is 2. The third-order valence-electron chi connectivity index (χ3n) is 4.38. The average Bonchev–Trinajstić information content (AvgIpc) is 2.73. The van der Waals surface area contributed by atoms with Crippen molar-refractivity contribution >= 4 is 11.8 Å². The number of carbonyl (C=O) groups is 2. The molecule has 0 aliphatic rings. The Balaban J connectivity index is 1.91. The molecule has 4 heteroatoms. The molecule has 0 aliphatic carbocycles. The smallest absolute Gasteiger partial charge is 0.343 e. The van der Waals surface area contributed by atoms with Gasteiger partial charge in [0.05, 0.1) is 12.7 Å². The van der Waals surface area contributed by atoms with Gasteiger partial charge in [-0.3, -0.25) is 4.79 Å². The van der Waals surface area contributed by atoms with Gasteiger partial charge in [-0.05, 0) is 55.2 Å². The summed E-state index contributed by atoms with van der Waals surface area (Å²) in [6.45, 7) is 2.16.